The van der Waals surface area contributed by atoms with Crippen molar-refractivity contribution in [3.8, 4) is 17.3 Å². The van der Waals surface area contributed by atoms with Crippen molar-refractivity contribution >= 4 is 61.3 Å². The summed E-state index contributed by atoms with van der Waals surface area (Å²) in [7, 11) is -3.55. The number of anilines is 3. The molecule has 2 N–H and O–H groups in total. The van der Waals surface area contributed by atoms with Crippen LogP contribution in [0.15, 0.2) is 54.9 Å². The minimum absolute atomic E-state index is 0.0108. The number of hydrogen-bond acceptors (Lipinski definition) is 7. The first-order valence-corrected chi connectivity index (χ1v) is 11.7. The van der Waals surface area contributed by atoms with Gasteiger partial charge in [-0.3, -0.25) is 9.71 Å². The summed E-state index contributed by atoms with van der Waals surface area (Å²) in [4.78, 5) is 13.0. The highest BCUT2D eigenvalue weighted by Gasteiger charge is 2.14. The first-order chi connectivity index (χ1) is 15.2. The molecule has 32 heavy (non-hydrogen) atoms. The number of hydrogen-bond donors (Lipinski definition) is 2. The van der Waals surface area contributed by atoms with Crippen LogP contribution in [-0.4, -0.2) is 29.6 Å². The standard InChI is InChI=1S/C21H14Cl2N6O2S/c1-32(30,31)29-18-7-12(10-26-21(18)23)16-5-6-17-20(28-16)19(13(9-24)11-25-17)27-15-4-2-3-14(22)8-15/h2-8,10-11,29H,1H3,(H,25,27). The number of sulfonamides is 1. The van der Waals surface area contributed by atoms with Gasteiger partial charge in [0.15, 0.2) is 5.15 Å². The van der Waals surface area contributed by atoms with E-state index in [1.165, 1.54) is 18.5 Å². The van der Waals surface area contributed by atoms with Crippen molar-refractivity contribution in [3.63, 3.8) is 0 Å². The van der Waals surface area contributed by atoms with Crippen LogP contribution in [0.1, 0.15) is 5.56 Å². The van der Waals surface area contributed by atoms with E-state index in [0.717, 1.165) is 6.26 Å². The molecule has 11 heteroatoms. The van der Waals surface area contributed by atoms with E-state index in [-0.39, 0.29) is 10.8 Å². The maximum atomic E-state index is 11.6. The second kappa shape index (κ2) is 8.59. The quantitative estimate of drug-likeness (QED) is 0.382. The second-order valence-corrected chi connectivity index (χ2v) is 9.34. The summed E-state index contributed by atoms with van der Waals surface area (Å²) in [5, 5.41) is 13.3. The summed E-state index contributed by atoms with van der Waals surface area (Å²) in [6.45, 7) is 0. The average molecular weight is 485 g/mol. The Morgan fingerprint density at radius 1 is 1.06 bits per heavy atom. The Balaban J connectivity index is 1.85. The second-order valence-electron chi connectivity index (χ2n) is 6.79. The number of pyridine rings is 3. The van der Waals surface area contributed by atoms with Crippen LogP contribution in [0, 0.1) is 11.3 Å². The van der Waals surface area contributed by atoms with Crippen LogP contribution in [-0.2, 0) is 10.0 Å². The molecule has 0 fully saturated rings. The van der Waals surface area contributed by atoms with Crippen LogP contribution < -0.4 is 10.0 Å². The number of aromatic nitrogens is 3. The van der Waals surface area contributed by atoms with Crippen molar-refractivity contribution in [1.82, 2.24) is 15.0 Å². The number of nitrogens with zero attached hydrogens (tertiary/aromatic N) is 4. The Kier molecular flexibility index (Phi) is 5.84. The first kappa shape index (κ1) is 21.8. The molecule has 4 aromatic rings. The number of rotatable bonds is 5. The van der Waals surface area contributed by atoms with Gasteiger partial charge in [-0.1, -0.05) is 29.3 Å². The topological polar surface area (TPSA) is 121 Å². The van der Waals surface area contributed by atoms with Gasteiger partial charge in [-0.25, -0.2) is 18.4 Å². The zero-order chi connectivity index (χ0) is 22.9. The predicted octanol–water partition coefficient (Wildman–Crippen LogP) is 4.99. The molecule has 0 bridgehead atoms. The molecule has 0 saturated heterocycles. The Morgan fingerprint density at radius 2 is 1.88 bits per heavy atom. The molecule has 0 unspecified atom stereocenters. The molecular weight excluding hydrogens is 471 g/mol. The maximum absolute atomic E-state index is 11.6. The van der Waals surface area contributed by atoms with Gasteiger partial charge in [0.25, 0.3) is 0 Å². The van der Waals surface area contributed by atoms with E-state index in [1.807, 2.05) is 6.07 Å². The summed E-state index contributed by atoms with van der Waals surface area (Å²) in [6, 6.07) is 14.2. The minimum atomic E-state index is -3.55. The van der Waals surface area contributed by atoms with Gasteiger partial charge in [0.2, 0.25) is 10.0 Å². The Morgan fingerprint density at radius 3 is 2.59 bits per heavy atom. The Bertz CT molecular complexity index is 1500. The van der Waals surface area contributed by atoms with Gasteiger partial charge in [0, 0.05) is 28.7 Å². The molecule has 3 aromatic heterocycles. The summed E-state index contributed by atoms with van der Waals surface area (Å²) in [5.41, 5.74) is 3.62. The van der Waals surface area contributed by atoms with Gasteiger partial charge >= 0.3 is 0 Å². The monoisotopic (exact) mass is 484 g/mol. The third kappa shape index (κ3) is 4.73. The SMILES string of the molecule is CS(=O)(=O)Nc1cc(-c2ccc3ncc(C#N)c(Nc4cccc(Cl)c4)c3n2)cnc1Cl. The number of nitrogens with one attached hydrogen (secondary N) is 2. The third-order valence-corrected chi connectivity index (χ3v) is 5.48. The highest BCUT2D eigenvalue weighted by Crippen LogP contribution is 2.32. The summed E-state index contributed by atoms with van der Waals surface area (Å²) < 4.78 is 25.6. The molecule has 0 aliphatic heterocycles. The molecule has 0 saturated carbocycles. The average Bonchev–Trinajstić information content (AvgIpc) is 2.74. The van der Waals surface area contributed by atoms with Crippen molar-refractivity contribution in [1.29, 1.82) is 5.26 Å². The molecule has 3 heterocycles. The van der Waals surface area contributed by atoms with Crippen LogP contribution in [0.3, 0.4) is 0 Å². The van der Waals surface area contributed by atoms with Gasteiger partial charge < -0.3 is 5.32 Å². The molecule has 0 amide bonds. The first-order valence-electron chi connectivity index (χ1n) is 9.09. The minimum Gasteiger partial charge on any atom is -0.353 e. The van der Waals surface area contributed by atoms with Gasteiger partial charge in [-0.05, 0) is 36.4 Å². The van der Waals surface area contributed by atoms with Gasteiger partial charge in [0.1, 0.15) is 11.6 Å². The fourth-order valence-electron chi connectivity index (χ4n) is 3.01. The smallest absolute Gasteiger partial charge is 0.229 e. The maximum Gasteiger partial charge on any atom is 0.229 e. The zero-order valence-corrected chi connectivity index (χ0v) is 18.8. The molecule has 4 rings (SSSR count). The van der Waals surface area contributed by atoms with Crippen molar-refractivity contribution in [2.45, 2.75) is 0 Å². The normalized spacial score (nSPS) is 11.2. The number of benzene rings is 1. The van der Waals surface area contributed by atoms with Gasteiger partial charge in [-0.2, -0.15) is 5.26 Å². The van der Waals surface area contributed by atoms with Crippen LogP contribution in [0.5, 0.6) is 0 Å². The molecule has 0 radical (unpaired) electrons. The lowest BCUT2D eigenvalue weighted by molar-refractivity contribution is 0.607. The number of halogens is 2. The fourth-order valence-corrected chi connectivity index (χ4v) is 3.96. The van der Waals surface area contributed by atoms with Crippen LogP contribution in [0.2, 0.25) is 10.2 Å². The van der Waals surface area contributed by atoms with E-state index >= 15 is 0 Å². The summed E-state index contributed by atoms with van der Waals surface area (Å²) in [5.74, 6) is 0. The third-order valence-electron chi connectivity index (χ3n) is 4.36. The van der Waals surface area contributed by atoms with Crippen molar-refractivity contribution in [3.05, 3.63) is 70.6 Å². The van der Waals surface area contributed by atoms with Crippen molar-refractivity contribution < 1.29 is 8.42 Å². The van der Waals surface area contributed by atoms with E-state index in [0.29, 0.717) is 44.3 Å². The molecule has 160 valence electrons. The highest BCUT2D eigenvalue weighted by molar-refractivity contribution is 7.92. The van der Waals surface area contributed by atoms with Crippen molar-refractivity contribution in [2.75, 3.05) is 16.3 Å². The van der Waals surface area contributed by atoms with Crippen LogP contribution in [0.4, 0.5) is 17.1 Å². The van der Waals surface area contributed by atoms with Crippen molar-refractivity contribution in [2.24, 2.45) is 0 Å². The number of nitriles is 1. The molecule has 0 aliphatic rings. The zero-order valence-electron chi connectivity index (χ0n) is 16.5. The lowest BCUT2D eigenvalue weighted by Gasteiger charge is -2.13. The van der Waals surface area contributed by atoms with Crippen LogP contribution >= 0.6 is 23.2 Å². The highest BCUT2D eigenvalue weighted by atomic mass is 35.5. The van der Waals surface area contributed by atoms with E-state index < -0.39 is 10.0 Å². The Labute approximate surface area is 193 Å². The molecule has 0 spiro atoms. The molecule has 8 nitrogen and oxygen atoms in total. The van der Waals surface area contributed by atoms with E-state index in [2.05, 4.69) is 31.1 Å². The van der Waals surface area contributed by atoms with E-state index in [9.17, 15) is 13.7 Å². The predicted molar refractivity (Wildman–Crippen MR) is 126 cm³/mol. The fraction of sp³-hybridized carbons (Fsp3) is 0.0476. The molecule has 0 aliphatic carbocycles. The lowest BCUT2D eigenvalue weighted by Crippen LogP contribution is -2.10. The Hall–Kier alpha value is -3.45. The molecular formula is C21H14Cl2N6O2S. The van der Waals surface area contributed by atoms with Crippen LogP contribution in [0.25, 0.3) is 22.3 Å². The summed E-state index contributed by atoms with van der Waals surface area (Å²) >= 11 is 12.1. The van der Waals surface area contributed by atoms with E-state index in [4.69, 9.17) is 23.2 Å². The molecule has 0 atom stereocenters. The summed E-state index contributed by atoms with van der Waals surface area (Å²) in [6.07, 6.45) is 3.97. The number of fused-ring (bicyclic) bond motifs is 1. The van der Waals surface area contributed by atoms with Gasteiger partial charge in [-0.15, -0.1) is 0 Å². The lowest BCUT2D eigenvalue weighted by atomic mass is 10.1. The largest absolute Gasteiger partial charge is 0.353 e. The van der Waals surface area contributed by atoms with E-state index in [1.54, 1.807) is 30.3 Å². The molecule has 1 aromatic carbocycles. The van der Waals surface area contributed by atoms with Gasteiger partial charge in [0.05, 0.1) is 34.4 Å².